The monoisotopic (exact) mass is 250 g/mol. The molecule has 2 rings (SSSR count). The summed E-state index contributed by atoms with van der Waals surface area (Å²) in [5, 5.41) is 14.8. The molecule has 0 aliphatic rings. The lowest BCUT2D eigenvalue weighted by atomic mass is 10.3. The highest BCUT2D eigenvalue weighted by atomic mass is 79.9. The van der Waals surface area contributed by atoms with Gasteiger partial charge in [-0.25, -0.2) is 0 Å². The van der Waals surface area contributed by atoms with Gasteiger partial charge in [0.25, 0.3) is 0 Å². The fourth-order valence-electron chi connectivity index (χ4n) is 1.26. The molecule has 0 aliphatic carbocycles. The number of hydrogen-bond donors (Lipinski definition) is 2. The fraction of sp³-hybridized carbons (Fsp3) is 0. The van der Waals surface area contributed by atoms with Crippen LogP contribution in [-0.2, 0) is 0 Å². The maximum absolute atomic E-state index is 7.56. The highest BCUT2D eigenvalue weighted by molar-refractivity contribution is 9.10. The van der Waals surface area contributed by atoms with Crippen LogP contribution < -0.4 is 5.49 Å². The van der Waals surface area contributed by atoms with Gasteiger partial charge in [-0.2, -0.15) is 0 Å². The molecule has 0 amide bonds. The first-order chi connectivity index (χ1) is 6.72. The number of fused-ring (bicyclic) bond motifs is 1. The maximum atomic E-state index is 7.56. The Morgan fingerprint density at radius 1 is 1.43 bits per heavy atom. The molecule has 2 N–H and O–H groups in total. The van der Waals surface area contributed by atoms with Crippen LogP contribution in [0.5, 0.6) is 0 Å². The summed E-state index contributed by atoms with van der Waals surface area (Å²) in [7, 11) is 0. The van der Waals surface area contributed by atoms with Gasteiger partial charge in [-0.05, 0) is 18.2 Å². The highest BCUT2D eigenvalue weighted by Gasteiger charge is 2.00. The minimum Gasteiger partial charge on any atom is -0.291 e. The van der Waals surface area contributed by atoms with E-state index in [1.807, 2.05) is 18.2 Å². The third-order valence-electron chi connectivity index (χ3n) is 1.91. The molecular formula is C9H7BrN4. The van der Waals surface area contributed by atoms with E-state index in [0.717, 1.165) is 21.8 Å². The van der Waals surface area contributed by atoms with Gasteiger partial charge in [0.2, 0.25) is 0 Å². The Kier molecular flexibility index (Phi) is 2.17. The molecule has 0 atom stereocenters. The van der Waals surface area contributed by atoms with Crippen LogP contribution in [0.2, 0.25) is 0 Å². The summed E-state index contributed by atoms with van der Waals surface area (Å²) < 4.78 is 2.38. The molecule has 4 nitrogen and oxygen atoms in total. The summed E-state index contributed by atoms with van der Waals surface area (Å²) >= 11 is 3.34. The van der Waals surface area contributed by atoms with E-state index in [0.29, 0.717) is 0 Å². The third-order valence-corrected chi connectivity index (χ3v) is 2.40. The van der Waals surface area contributed by atoms with Gasteiger partial charge < -0.3 is 0 Å². The first-order valence-corrected chi connectivity index (χ1v) is 4.73. The number of benzene rings is 1. The van der Waals surface area contributed by atoms with Crippen LogP contribution in [0.1, 0.15) is 0 Å². The third kappa shape index (κ3) is 1.35. The van der Waals surface area contributed by atoms with Crippen LogP contribution in [0.15, 0.2) is 28.9 Å². The van der Waals surface area contributed by atoms with Gasteiger partial charge in [0.1, 0.15) is 5.49 Å². The Morgan fingerprint density at radius 2 is 2.21 bits per heavy atom. The lowest BCUT2D eigenvalue weighted by Gasteiger charge is -2.04. The topological polar surface area (TPSA) is 65.5 Å². The molecule has 0 spiro atoms. The molecule has 1 aromatic heterocycles. The van der Waals surface area contributed by atoms with Gasteiger partial charge in [0.05, 0.1) is 23.6 Å². The van der Waals surface area contributed by atoms with Crippen molar-refractivity contribution in [1.82, 2.24) is 9.55 Å². The van der Waals surface area contributed by atoms with Crippen LogP contribution in [0.25, 0.3) is 11.0 Å². The minimum absolute atomic E-state index is 0.200. The molecule has 1 aromatic carbocycles. The molecule has 14 heavy (non-hydrogen) atoms. The first-order valence-electron chi connectivity index (χ1n) is 3.94. The van der Waals surface area contributed by atoms with Gasteiger partial charge in [-0.15, -0.1) is 0 Å². The Morgan fingerprint density at radius 3 is 2.93 bits per heavy atom. The average Bonchev–Trinajstić information content (AvgIpc) is 2.17. The lowest BCUT2D eigenvalue weighted by molar-refractivity contribution is 0.998. The molecule has 70 valence electrons. The Bertz CT molecular complexity index is 558. The van der Waals surface area contributed by atoms with Crippen LogP contribution in [-0.4, -0.2) is 15.9 Å². The quantitative estimate of drug-likeness (QED) is 0.588. The molecule has 0 unspecified atom stereocenters. The van der Waals surface area contributed by atoms with Crippen molar-refractivity contribution in [2.75, 3.05) is 0 Å². The summed E-state index contributed by atoms with van der Waals surface area (Å²) in [6.07, 6.45) is 2.54. The van der Waals surface area contributed by atoms with Gasteiger partial charge >= 0.3 is 0 Å². The first kappa shape index (κ1) is 9.08. The zero-order valence-corrected chi connectivity index (χ0v) is 8.75. The molecule has 0 fully saturated rings. The Labute approximate surface area is 88.4 Å². The van der Waals surface area contributed by atoms with Crippen LogP contribution >= 0.6 is 15.9 Å². The summed E-state index contributed by atoms with van der Waals surface area (Å²) in [4.78, 5) is 4.10. The number of hydrogen-bond acceptors (Lipinski definition) is 3. The maximum Gasteiger partial charge on any atom is 0.149 e. The van der Waals surface area contributed by atoms with Gasteiger partial charge in [0, 0.05) is 4.47 Å². The molecule has 5 heteroatoms. The van der Waals surface area contributed by atoms with Crippen LogP contribution in [0.4, 0.5) is 0 Å². The van der Waals surface area contributed by atoms with Gasteiger partial charge in [-0.3, -0.25) is 20.4 Å². The standard InChI is InChI=1S/C9H7BrN4/c10-6-1-2-7-8(3-6)14(5-11)9(12)4-13-7/h1-5,11-12H. The molecule has 0 saturated heterocycles. The Hall–Kier alpha value is -1.49. The van der Waals surface area contributed by atoms with Crippen molar-refractivity contribution in [3.63, 3.8) is 0 Å². The largest absolute Gasteiger partial charge is 0.291 e. The molecule has 0 aliphatic heterocycles. The van der Waals surface area contributed by atoms with Crippen molar-refractivity contribution in [2.45, 2.75) is 0 Å². The lowest BCUT2D eigenvalue weighted by Crippen LogP contribution is -2.19. The van der Waals surface area contributed by atoms with Crippen LogP contribution in [0, 0.1) is 10.8 Å². The van der Waals surface area contributed by atoms with E-state index in [1.165, 1.54) is 10.8 Å². The number of aromatic nitrogens is 2. The summed E-state index contributed by atoms with van der Waals surface area (Å²) in [6.45, 7) is 0. The van der Waals surface area contributed by atoms with E-state index in [4.69, 9.17) is 10.8 Å². The second-order valence-electron chi connectivity index (χ2n) is 2.78. The van der Waals surface area contributed by atoms with E-state index in [-0.39, 0.29) is 5.49 Å². The number of halogens is 1. The number of nitrogens with one attached hydrogen (secondary N) is 2. The van der Waals surface area contributed by atoms with Crippen molar-refractivity contribution in [2.24, 2.45) is 0 Å². The zero-order valence-electron chi connectivity index (χ0n) is 7.16. The molecule has 1 heterocycles. The second kappa shape index (κ2) is 3.34. The van der Waals surface area contributed by atoms with Crippen molar-refractivity contribution >= 4 is 33.3 Å². The Balaban J connectivity index is 2.98. The smallest absolute Gasteiger partial charge is 0.149 e. The van der Waals surface area contributed by atoms with Crippen LogP contribution in [0.3, 0.4) is 0 Å². The molecule has 0 saturated carbocycles. The van der Waals surface area contributed by atoms with Gasteiger partial charge in [0.15, 0.2) is 0 Å². The second-order valence-corrected chi connectivity index (χ2v) is 3.69. The predicted octanol–water partition coefficient (Wildman–Crippen LogP) is 1.73. The SMILES string of the molecule is N=Cn1c(=N)cnc2ccc(Br)cc21. The molecule has 2 aromatic rings. The van der Waals surface area contributed by atoms with Crippen molar-refractivity contribution in [3.05, 3.63) is 34.4 Å². The summed E-state index contributed by atoms with van der Waals surface area (Å²) in [6, 6.07) is 5.57. The molecule has 0 bridgehead atoms. The van der Waals surface area contributed by atoms with E-state index in [2.05, 4.69) is 20.9 Å². The number of rotatable bonds is 1. The normalized spacial score (nSPS) is 10.4. The van der Waals surface area contributed by atoms with E-state index >= 15 is 0 Å². The number of nitrogens with zero attached hydrogens (tertiary/aromatic N) is 2. The average molecular weight is 251 g/mol. The van der Waals surface area contributed by atoms with Gasteiger partial charge in [-0.1, -0.05) is 15.9 Å². The van der Waals surface area contributed by atoms with E-state index in [1.54, 1.807) is 0 Å². The zero-order chi connectivity index (χ0) is 10.1. The van der Waals surface area contributed by atoms with Crippen molar-refractivity contribution < 1.29 is 0 Å². The van der Waals surface area contributed by atoms with E-state index in [9.17, 15) is 0 Å². The fourth-order valence-corrected chi connectivity index (χ4v) is 1.61. The summed E-state index contributed by atoms with van der Waals surface area (Å²) in [5.41, 5.74) is 1.72. The van der Waals surface area contributed by atoms with Crippen molar-refractivity contribution in [3.8, 4) is 0 Å². The predicted molar refractivity (Wildman–Crippen MR) is 57.5 cm³/mol. The van der Waals surface area contributed by atoms with Crippen molar-refractivity contribution in [1.29, 1.82) is 10.8 Å². The summed E-state index contributed by atoms with van der Waals surface area (Å²) in [5.74, 6) is 0. The minimum atomic E-state index is 0.200. The molecular weight excluding hydrogens is 244 g/mol. The van der Waals surface area contributed by atoms with E-state index < -0.39 is 0 Å². The highest BCUT2D eigenvalue weighted by Crippen LogP contribution is 2.15. The molecule has 0 radical (unpaired) electrons.